The average molecular weight is 139 g/mol. The van der Waals surface area contributed by atoms with Gasteiger partial charge in [0, 0.05) is 17.3 Å². The minimum atomic E-state index is -0.269. The van der Waals surface area contributed by atoms with Crippen LogP contribution in [0.15, 0.2) is 12.2 Å². The molecule has 0 heterocycles. The van der Waals surface area contributed by atoms with Crippen LogP contribution < -0.4 is 0 Å². The molecule has 2 aliphatic rings. The number of nitrogens with zero attached hydrogens (tertiary/aromatic N) is 1. The number of nitro groups is 1. The van der Waals surface area contributed by atoms with Gasteiger partial charge in [0.2, 0.25) is 6.04 Å². The molecule has 3 nitrogen and oxygen atoms in total. The van der Waals surface area contributed by atoms with Crippen molar-refractivity contribution in [1.29, 1.82) is 0 Å². The van der Waals surface area contributed by atoms with Crippen molar-refractivity contribution < 1.29 is 4.92 Å². The van der Waals surface area contributed by atoms with Crippen molar-refractivity contribution in [2.24, 2.45) is 11.8 Å². The molecule has 0 spiro atoms. The van der Waals surface area contributed by atoms with E-state index in [9.17, 15) is 10.1 Å². The summed E-state index contributed by atoms with van der Waals surface area (Å²) in [5.41, 5.74) is 0. The molecule has 54 valence electrons. The summed E-state index contributed by atoms with van der Waals surface area (Å²) in [6, 6.07) is -0.269. The van der Waals surface area contributed by atoms with E-state index in [1.807, 2.05) is 6.08 Å². The van der Waals surface area contributed by atoms with Gasteiger partial charge in [-0.25, -0.2) is 0 Å². The number of allylic oxidation sites excluding steroid dienone is 1. The highest BCUT2D eigenvalue weighted by molar-refractivity contribution is 5.10. The minimum absolute atomic E-state index is 0.131. The fraction of sp³-hybridized carbons (Fsp3) is 0.714. The zero-order valence-electron chi connectivity index (χ0n) is 5.56. The minimum Gasteiger partial charge on any atom is -0.264 e. The van der Waals surface area contributed by atoms with E-state index in [2.05, 4.69) is 6.08 Å². The topological polar surface area (TPSA) is 43.1 Å². The van der Waals surface area contributed by atoms with Crippen LogP contribution in [0.4, 0.5) is 0 Å². The molecular weight excluding hydrogens is 130 g/mol. The lowest BCUT2D eigenvalue weighted by Gasteiger charge is -2.08. The quantitative estimate of drug-likeness (QED) is 0.311. The van der Waals surface area contributed by atoms with Crippen molar-refractivity contribution in [3.8, 4) is 0 Å². The summed E-state index contributed by atoms with van der Waals surface area (Å²) in [7, 11) is 0. The summed E-state index contributed by atoms with van der Waals surface area (Å²) < 4.78 is 0. The van der Waals surface area contributed by atoms with Gasteiger partial charge < -0.3 is 0 Å². The fourth-order valence-electron chi connectivity index (χ4n) is 1.99. The van der Waals surface area contributed by atoms with Crippen LogP contribution in [0.1, 0.15) is 12.8 Å². The zero-order valence-corrected chi connectivity index (χ0v) is 5.56. The Morgan fingerprint density at radius 3 is 2.50 bits per heavy atom. The third kappa shape index (κ3) is 0.664. The van der Waals surface area contributed by atoms with E-state index >= 15 is 0 Å². The molecule has 1 saturated carbocycles. The van der Waals surface area contributed by atoms with Crippen LogP contribution >= 0.6 is 0 Å². The lowest BCUT2D eigenvalue weighted by molar-refractivity contribution is -0.527. The second-order valence-corrected chi connectivity index (χ2v) is 3.13. The van der Waals surface area contributed by atoms with Crippen LogP contribution in [0, 0.1) is 22.0 Å². The molecule has 2 aliphatic carbocycles. The van der Waals surface area contributed by atoms with Gasteiger partial charge >= 0.3 is 0 Å². The lowest BCUT2D eigenvalue weighted by Crippen LogP contribution is -2.23. The van der Waals surface area contributed by atoms with E-state index in [4.69, 9.17) is 0 Å². The maximum absolute atomic E-state index is 10.4. The van der Waals surface area contributed by atoms with E-state index in [1.165, 1.54) is 0 Å². The Kier molecular flexibility index (Phi) is 1.07. The van der Waals surface area contributed by atoms with Crippen LogP contribution in [0.3, 0.4) is 0 Å². The predicted octanol–water partition coefficient (Wildman–Crippen LogP) is 1.23. The highest BCUT2D eigenvalue weighted by Gasteiger charge is 2.42. The standard InChI is InChI=1S/C7H9NO2/c9-8(10)7-4-5-1-2-6(7)3-5/h1-2,5-7H,3-4H2/t5-,6-,7-/m0/s1. The molecule has 3 atom stereocenters. The largest absolute Gasteiger partial charge is 0.264 e. The van der Waals surface area contributed by atoms with Crippen molar-refractivity contribution in [3.05, 3.63) is 22.3 Å². The summed E-state index contributed by atoms with van der Waals surface area (Å²) >= 11 is 0. The summed E-state index contributed by atoms with van der Waals surface area (Å²) in [4.78, 5) is 10.2. The second-order valence-electron chi connectivity index (χ2n) is 3.13. The predicted molar refractivity (Wildman–Crippen MR) is 36.1 cm³/mol. The van der Waals surface area contributed by atoms with Crippen LogP contribution in [0.5, 0.6) is 0 Å². The third-order valence-corrected chi connectivity index (χ3v) is 2.51. The van der Waals surface area contributed by atoms with Gasteiger partial charge in [-0.1, -0.05) is 12.2 Å². The van der Waals surface area contributed by atoms with Crippen LogP contribution in [0.25, 0.3) is 0 Å². The van der Waals surface area contributed by atoms with Gasteiger partial charge in [-0.05, 0) is 12.3 Å². The molecule has 0 aromatic rings. The van der Waals surface area contributed by atoms with Crippen molar-refractivity contribution in [1.82, 2.24) is 0 Å². The summed E-state index contributed by atoms with van der Waals surface area (Å²) in [6.45, 7) is 0. The molecule has 1 fully saturated rings. The highest BCUT2D eigenvalue weighted by atomic mass is 16.6. The molecule has 10 heavy (non-hydrogen) atoms. The van der Waals surface area contributed by atoms with Crippen molar-refractivity contribution in [2.45, 2.75) is 18.9 Å². The molecule has 0 aliphatic heterocycles. The van der Waals surface area contributed by atoms with Gasteiger partial charge in [-0.2, -0.15) is 0 Å². The van der Waals surface area contributed by atoms with Gasteiger partial charge in [0.25, 0.3) is 0 Å². The summed E-state index contributed by atoms with van der Waals surface area (Å²) in [5.74, 6) is 0.764. The Morgan fingerprint density at radius 2 is 2.20 bits per heavy atom. The lowest BCUT2D eigenvalue weighted by atomic mass is 10.0. The van der Waals surface area contributed by atoms with Gasteiger partial charge in [0.05, 0.1) is 0 Å². The first kappa shape index (κ1) is 5.89. The Labute approximate surface area is 58.9 Å². The molecule has 0 unspecified atom stereocenters. The van der Waals surface area contributed by atoms with E-state index in [0.717, 1.165) is 12.8 Å². The molecular formula is C7H9NO2. The van der Waals surface area contributed by atoms with Gasteiger partial charge in [0.1, 0.15) is 0 Å². The Morgan fingerprint density at radius 1 is 1.40 bits per heavy atom. The van der Waals surface area contributed by atoms with Crippen molar-refractivity contribution in [2.75, 3.05) is 0 Å². The SMILES string of the molecule is O=[N+]([O-])[C@H]1C[C@H]2C=C[C@H]1C2. The van der Waals surface area contributed by atoms with E-state index in [0.29, 0.717) is 5.92 Å². The van der Waals surface area contributed by atoms with Gasteiger partial charge in [-0.15, -0.1) is 0 Å². The van der Waals surface area contributed by atoms with Gasteiger partial charge in [-0.3, -0.25) is 10.1 Å². The fourth-order valence-corrected chi connectivity index (χ4v) is 1.99. The maximum atomic E-state index is 10.4. The van der Waals surface area contributed by atoms with E-state index < -0.39 is 0 Å². The maximum Gasteiger partial charge on any atom is 0.219 e. The van der Waals surface area contributed by atoms with Crippen molar-refractivity contribution in [3.63, 3.8) is 0 Å². The molecule has 2 rings (SSSR count). The third-order valence-electron chi connectivity index (χ3n) is 2.51. The first-order chi connectivity index (χ1) is 4.77. The molecule has 3 heteroatoms. The van der Waals surface area contributed by atoms with Crippen LogP contribution in [-0.2, 0) is 0 Å². The molecule has 0 aromatic carbocycles. The number of rotatable bonds is 1. The first-order valence-electron chi connectivity index (χ1n) is 3.59. The van der Waals surface area contributed by atoms with Gasteiger partial charge in [0.15, 0.2) is 0 Å². The summed E-state index contributed by atoms with van der Waals surface area (Å²) in [5, 5.41) is 10.4. The normalized spacial score (nSPS) is 42.6. The molecule has 0 amide bonds. The molecule has 2 bridgehead atoms. The number of hydrogen-bond donors (Lipinski definition) is 0. The zero-order chi connectivity index (χ0) is 7.14. The molecule has 0 saturated heterocycles. The monoisotopic (exact) mass is 139 g/mol. The van der Waals surface area contributed by atoms with E-state index in [-0.39, 0.29) is 16.9 Å². The van der Waals surface area contributed by atoms with Crippen LogP contribution in [-0.4, -0.2) is 11.0 Å². The Balaban J connectivity index is 2.16. The Bertz CT molecular complexity index is 200. The molecule has 0 radical (unpaired) electrons. The van der Waals surface area contributed by atoms with Crippen LogP contribution in [0.2, 0.25) is 0 Å². The molecule has 0 aromatic heterocycles. The van der Waals surface area contributed by atoms with E-state index in [1.54, 1.807) is 0 Å². The average Bonchev–Trinajstić information content (AvgIpc) is 2.44. The highest BCUT2D eigenvalue weighted by Crippen LogP contribution is 2.40. The first-order valence-corrected chi connectivity index (χ1v) is 3.59. The van der Waals surface area contributed by atoms with Crippen molar-refractivity contribution >= 4 is 0 Å². The smallest absolute Gasteiger partial charge is 0.219 e. The molecule has 0 N–H and O–H groups in total. The second kappa shape index (κ2) is 1.81. The number of fused-ring (bicyclic) bond motifs is 2. The number of hydrogen-bond acceptors (Lipinski definition) is 2. The summed E-state index contributed by atoms with van der Waals surface area (Å²) in [6.07, 6.45) is 5.91. The Hall–Kier alpha value is -0.860.